The first-order valence-electron chi connectivity index (χ1n) is 6.32. The summed E-state index contributed by atoms with van der Waals surface area (Å²) in [6.45, 7) is 3.23. The van der Waals surface area contributed by atoms with Crippen LogP contribution in [-0.2, 0) is 18.3 Å². The first-order chi connectivity index (χ1) is 9.04. The normalized spacial score (nSPS) is 19.5. The summed E-state index contributed by atoms with van der Waals surface area (Å²) in [6, 6.07) is 0.907. The fourth-order valence-electron chi connectivity index (χ4n) is 2.21. The molecular formula is C12H18N4O3. The first kappa shape index (κ1) is 13.5. The number of rotatable bonds is 3. The molecule has 1 aromatic rings. The quantitative estimate of drug-likeness (QED) is 0.768. The lowest BCUT2D eigenvalue weighted by Gasteiger charge is -2.33. The van der Waals surface area contributed by atoms with Gasteiger partial charge in [-0.05, 0) is 12.5 Å². The molecule has 7 nitrogen and oxygen atoms in total. The lowest BCUT2D eigenvalue weighted by atomic mass is 10.1. The maximum atomic E-state index is 12.4. The fraction of sp³-hybridized carbons (Fsp3) is 0.583. The van der Waals surface area contributed by atoms with Gasteiger partial charge < -0.3 is 15.3 Å². The van der Waals surface area contributed by atoms with Gasteiger partial charge in [-0.15, -0.1) is 0 Å². The molecule has 0 radical (unpaired) electrons. The van der Waals surface area contributed by atoms with E-state index in [1.807, 2.05) is 6.92 Å². The average molecular weight is 266 g/mol. The predicted octanol–water partition coefficient (Wildman–Crippen LogP) is -0.519. The van der Waals surface area contributed by atoms with Gasteiger partial charge in [0.05, 0.1) is 5.69 Å². The molecule has 0 saturated carbocycles. The molecule has 1 saturated heterocycles. The van der Waals surface area contributed by atoms with Crippen LogP contribution in [0.1, 0.15) is 23.1 Å². The van der Waals surface area contributed by atoms with Crippen LogP contribution in [0, 0.1) is 0 Å². The molecule has 2 heterocycles. The summed E-state index contributed by atoms with van der Waals surface area (Å²) in [5, 5.41) is 16.4. The summed E-state index contributed by atoms with van der Waals surface area (Å²) in [7, 11) is 1.70. The highest BCUT2D eigenvalue weighted by Gasteiger charge is 2.33. The summed E-state index contributed by atoms with van der Waals surface area (Å²) >= 11 is 0. The highest BCUT2D eigenvalue weighted by atomic mass is 16.4. The van der Waals surface area contributed by atoms with Crippen molar-refractivity contribution in [3.63, 3.8) is 0 Å². The van der Waals surface area contributed by atoms with Gasteiger partial charge in [0.2, 0.25) is 0 Å². The topological polar surface area (TPSA) is 87.5 Å². The summed E-state index contributed by atoms with van der Waals surface area (Å²) in [6.07, 6.45) is 0.741. The zero-order valence-electron chi connectivity index (χ0n) is 11.1. The van der Waals surface area contributed by atoms with E-state index in [0.717, 1.165) is 12.1 Å². The summed E-state index contributed by atoms with van der Waals surface area (Å²) < 4.78 is 1.52. The highest BCUT2D eigenvalue weighted by molar-refractivity contribution is 5.95. The van der Waals surface area contributed by atoms with Gasteiger partial charge in [-0.3, -0.25) is 9.48 Å². The highest BCUT2D eigenvalue weighted by Crippen LogP contribution is 2.12. The maximum absolute atomic E-state index is 12.4. The zero-order chi connectivity index (χ0) is 14.0. The molecule has 1 aliphatic rings. The molecule has 1 amide bonds. The van der Waals surface area contributed by atoms with Crippen molar-refractivity contribution < 1.29 is 14.7 Å². The van der Waals surface area contributed by atoms with Crippen LogP contribution in [0.3, 0.4) is 0 Å². The van der Waals surface area contributed by atoms with Crippen LogP contribution in [-0.4, -0.2) is 57.3 Å². The smallest absolute Gasteiger partial charge is 0.327 e. The van der Waals surface area contributed by atoms with Crippen molar-refractivity contribution in [2.24, 2.45) is 7.05 Å². The number of carbonyl (C=O) groups excluding carboxylic acids is 1. The molecule has 0 bridgehead atoms. The van der Waals surface area contributed by atoms with Crippen LogP contribution < -0.4 is 5.32 Å². The standard InChI is InChI=1S/C12H18N4O3/c1-3-8-6-9(15(2)14-8)11(17)16-5-4-13-7-10(16)12(18)19/h6,10,13H,3-5,7H2,1-2H3,(H,18,19). The van der Waals surface area contributed by atoms with E-state index in [1.165, 1.54) is 9.58 Å². The molecule has 0 aromatic carbocycles. The van der Waals surface area contributed by atoms with Crippen molar-refractivity contribution in [1.29, 1.82) is 0 Å². The second kappa shape index (κ2) is 5.40. The minimum atomic E-state index is -0.988. The third kappa shape index (κ3) is 2.60. The second-order valence-electron chi connectivity index (χ2n) is 4.55. The lowest BCUT2D eigenvalue weighted by Crippen LogP contribution is -2.57. The predicted molar refractivity (Wildman–Crippen MR) is 67.9 cm³/mol. The van der Waals surface area contributed by atoms with Crippen LogP contribution in [0.15, 0.2) is 6.07 Å². The number of carboxylic acids is 1. The van der Waals surface area contributed by atoms with Gasteiger partial charge in [-0.2, -0.15) is 5.10 Å². The number of hydrogen-bond acceptors (Lipinski definition) is 4. The zero-order valence-corrected chi connectivity index (χ0v) is 11.1. The molecular weight excluding hydrogens is 248 g/mol. The van der Waals surface area contributed by atoms with E-state index >= 15 is 0 Å². The van der Waals surface area contributed by atoms with Crippen molar-refractivity contribution in [2.75, 3.05) is 19.6 Å². The number of carbonyl (C=O) groups is 2. The van der Waals surface area contributed by atoms with Crippen LogP contribution in [0.25, 0.3) is 0 Å². The van der Waals surface area contributed by atoms with E-state index < -0.39 is 12.0 Å². The second-order valence-corrected chi connectivity index (χ2v) is 4.55. The molecule has 1 atom stereocenters. The number of aromatic nitrogens is 2. The van der Waals surface area contributed by atoms with E-state index in [1.54, 1.807) is 13.1 Å². The van der Waals surface area contributed by atoms with Gasteiger partial charge in [0.15, 0.2) is 0 Å². The maximum Gasteiger partial charge on any atom is 0.327 e. The van der Waals surface area contributed by atoms with Crippen LogP contribution >= 0.6 is 0 Å². The Hall–Kier alpha value is -1.89. The Kier molecular flexibility index (Phi) is 3.84. The van der Waals surface area contributed by atoms with Crippen molar-refractivity contribution in [3.8, 4) is 0 Å². The molecule has 2 rings (SSSR count). The fourth-order valence-corrected chi connectivity index (χ4v) is 2.21. The van der Waals surface area contributed by atoms with Gasteiger partial charge >= 0.3 is 5.97 Å². The van der Waals surface area contributed by atoms with Gasteiger partial charge in [0, 0.05) is 26.7 Å². The van der Waals surface area contributed by atoms with E-state index in [0.29, 0.717) is 18.8 Å². The van der Waals surface area contributed by atoms with Crippen LogP contribution in [0.5, 0.6) is 0 Å². The number of aliphatic carboxylic acids is 1. The molecule has 0 aliphatic carbocycles. The molecule has 2 N–H and O–H groups in total. The Morgan fingerprint density at radius 1 is 1.58 bits per heavy atom. The largest absolute Gasteiger partial charge is 0.480 e. The molecule has 104 valence electrons. The number of nitrogens with one attached hydrogen (secondary N) is 1. The first-order valence-corrected chi connectivity index (χ1v) is 6.32. The molecule has 1 fully saturated rings. The SMILES string of the molecule is CCc1cc(C(=O)N2CCNCC2C(=O)O)n(C)n1. The van der Waals surface area contributed by atoms with E-state index in [-0.39, 0.29) is 12.5 Å². The van der Waals surface area contributed by atoms with Crippen molar-refractivity contribution in [2.45, 2.75) is 19.4 Å². The summed E-state index contributed by atoms with van der Waals surface area (Å²) in [5.41, 5.74) is 1.26. The van der Waals surface area contributed by atoms with E-state index in [4.69, 9.17) is 5.11 Å². The summed E-state index contributed by atoms with van der Waals surface area (Å²) in [5.74, 6) is -1.26. The van der Waals surface area contributed by atoms with Crippen molar-refractivity contribution in [3.05, 3.63) is 17.5 Å². The Bertz CT molecular complexity index is 497. The molecule has 1 aliphatic heterocycles. The Labute approximate surface area is 111 Å². The monoisotopic (exact) mass is 266 g/mol. The average Bonchev–Trinajstić information content (AvgIpc) is 2.79. The minimum absolute atomic E-state index is 0.274. The minimum Gasteiger partial charge on any atom is -0.480 e. The van der Waals surface area contributed by atoms with Gasteiger partial charge in [0.25, 0.3) is 5.91 Å². The Morgan fingerprint density at radius 2 is 2.32 bits per heavy atom. The molecule has 0 spiro atoms. The Morgan fingerprint density at radius 3 is 2.89 bits per heavy atom. The van der Waals surface area contributed by atoms with Crippen LogP contribution in [0.4, 0.5) is 0 Å². The number of amides is 1. The van der Waals surface area contributed by atoms with Gasteiger partial charge in [-0.1, -0.05) is 6.92 Å². The van der Waals surface area contributed by atoms with Crippen molar-refractivity contribution in [1.82, 2.24) is 20.0 Å². The molecule has 1 unspecified atom stereocenters. The Balaban J connectivity index is 2.25. The number of nitrogens with zero attached hydrogens (tertiary/aromatic N) is 3. The van der Waals surface area contributed by atoms with Gasteiger partial charge in [0.1, 0.15) is 11.7 Å². The molecule has 19 heavy (non-hydrogen) atoms. The third-order valence-electron chi connectivity index (χ3n) is 3.30. The number of piperazine rings is 1. The van der Waals surface area contributed by atoms with E-state index in [9.17, 15) is 9.59 Å². The number of aryl methyl sites for hydroxylation is 2. The van der Waals surface area contributed by atoms with Crippen molar-refractivity contribution >= 4 is 11.9 Å². The molecule has 1 aromatic heterocycles. The lowest BCUT2D eigenvalue weighted by molar-refractivity contribution is -0.142. The molecule has 7 heteroatoms. The van der Waals surface area contributed by atoms with Gasteiger partial charge in [-0.25, -0.2) is 4.79 Å². The van der Waals surface area contributed by atoms with E-state index in [2.05, 4.69) is 10.4 Å². The van der Waals surface area contributed by atoms with Crippen LogP contribution in [0.2, 0.25) is 0 Å². The number of carboxylic acid groups (broad SMARTS) is 1. The third-order valence-corrected chi connectivity index (χ3v) is 3.30. The number of hydrogen-bond donors (Lipinski definition) is 2. The summed E-state index contributed by atoms with van der Waals surface area (Å²) in [4.78, 5) is 25.0.